The third-order valence-corrected chi connectivity index (χ3v) is 5.08. The maximum Gasteiger partial charge on any atom is 0.194 e. The lowest BCUT2D eigenvalue weighted by Crippen LogP contribution is -2.52. The van der Waals surface area contributed by atoms with Gasteiger partial charge in [-0.25, -0.2) is 0 Å². The first kappa shape index (κ1) is 23.9. The molecule has 1 aliphatic rings. The van der Waals surface area contributed by atoms with E-state index >= 15 is 0 Å². The Balaban J connectivity index is 0.00000300. The molecule has 6 nitrogen and oxygen atoms in total. The number of benzene rings is 1. The van der Waals surface area contributed by atoms with Crippen LogP contribution in [0.3, 0.4) is 0 Å². The summed E-state index contributed by atoms with van der Waals surface area (Å²) in [5.41, 5.74) is 2.11. The quantitative estimate of drug-likeness (QED) is 0.342. The van der Waals surface area contributed by atoms with E-state index in [1.54, 1.807) is 12.4 Å². The zero-order chi connectivity index (χ0) is 19.8. The first-order valence-corrected chi connectivity index (χ1v) is 10.1. The van der Waals surface area contributed by atoms with Crippen LogP contribution in [0.1, 0.15) is 24.2 Å². The molecular formula is C21H29ClIN5O. The van der Waals surface area contributed by atoms with Crippen molar-refractivity contribution in [1.82, 2.24) is 20.1 Å². The van der Waals surface area contributed by atoms with Gasteiger partial charge in [0.1, 0.15) is 0 Å². The van der Waals surface area contributed by atoms with Crippen LogP contribution in [0.5, 0.6) is 0 Å². The first-order valence-electron chi connectivity index (χ1n) is 9.73. The average Bonchev–Trinajstić information content (AvgIpc) is 2.74. The predicted octanol–water partition coefficient (Wildman–Crippen LogP) is 3.17. The van der Waals surface area contributed by atoms with Crippen molar-refractivity contribution < 1.29 is 5.11 Å². The van der Waals surface area contributed by atoms with Gasteiger partial charge in [0.15, 0.2) is 5.96 Å². The Bertz CT molecular complexity index is 751. The molecule has 2 aromatic rings. The molecule has 1 aliphatic heterocycles. The van der Waals surface area contributed by atoms with E-state index in [-0.39, 0.29) is 24.0 Å². The van der Waals surface area contributed by atoms with Gasteiger partial charge in [0.2, 0.25) is 0 Å². The number of nitrogens with zero attached hydrogens (tertiary/aromatic N) is 4. The number of aliphatic hydroxyl groups excluding tert-OH is 1. The Morgan fingerprint density at radius 3 is 2.41 bits per heavy atom. The number of aliphatic imine (C=N–C) groups is 1. The number of guanidine groups is 1. The summed E-state index contributed by atoms with van der Waals surface area (Å²) in [6, 6.07) is 11.7. The summed E-state index contributed by atoms with van der Waals surface area (Å²) in [6.07, 6.45) is 2.75. The van der Waals surface area contributed by atoms with Crippen LogP contribution in [0.15, 0.2) is 53.8 Å². The second kappa shape index (κ2) is 12.3. The fourth-order valence-electron chi connectivity index (χ4n) is 3.26. The number of rotatable bonds is 6. The molecule has 29 heavy (non-hydrogen) atoms. The van der Waals surface area contributed by atoms with E-state index in [1.165, 1.54) is 5.56 Å². The highest BCUT2D eigenvalue weighted by atomic mass is 127. The fraction of sp³-hybridized carbons (Fsp3) is 0.429. The molecule has 0 bridgehead atoms. The van der Waals surface area contributed by atoms with Crippen molar-refractivity contribution in [2.24, 2.45) is 4.99 Å². The van der Waals surface area contributed by atoms with Gasteiger partial charge in [-0.15, -0.1) is 24.0 Å². The van der Waals surface area contributed by atoms with Gasteiger partial charge < -0.3 is 15.3 Å². The molecular weight excluding hydrogens is 501 g/mol. The standard InChI is InChI=1S/C21H28ClN5O.HI/c1-2-24-21(25-15-20(28)18-7-9-23-10-8-18)27-13-11-26(12-14-27)16-17-3-5-19(22)6-4-17;/h3-10,20,28H,2,11-16H2,1H3,(H,24,25);1H. The van der Waals surface area contributed by atoms with Crippen LogP contribution in [0, 0.1) is 0 Å². The Morgan fingerprint density at radius 1 is 1.14 bits per heavy atom. The smallest absolute Gasteiger partial charge is 0.194 e. The number of aromatic nitrogens is 1. The van der Waals surface area contributed by atoms with Gasteiger partial charge >= 0.3 is 0 Å². The van der Waals surface area contributed by atoms with Crippen LogP contribution in [0.25, 0.3) is 0 Å². The topological polar surface area (TPSA) is 64.0 Å². The molecule has 0 radical (unpaired) electrons. The Labute approximate surface area is 195 Å². The van der Waals surface area contributed by atoms with Crippen molar-refractivity contribution in [1.29, 1.82) is 0 Å². The second-order valence-corrected chi connectivity index (χ2v) is 7.32. The van der Waals surface area contributed by atoms with Gasteiger partial charge in [-0.05, 0) is 42.3 Å². The minimum atomic E-state index is -0.622. The van der Waals surface area contributed by atoms with Crippen molar-refractivity contribution in [2.75, 3.05) is 39.3 Å². The molecule has 2 heterocycles. The normalized spacial score (nSPS) is 16.2. The highest BCUT2D eigenvalue weighted by molar-refractivity contribution is 14.0. The highest BCUT2D eigenvalue weighted by Crippen LogP contribution is 2.14. The highest BCUT2D eigenvalue weighted by Gasteiger charge is 2.20. The summed E-state index contributed by atoms with van der Waals surface area (Å²) in [7, 11) is 0. The minimum Gasteiger partial charge on any atom is -0.386 e. The van der Waals surface area contributed by atoms with E-state index < -0.39 is 6.10 Å². The lowest BCUT2D eigenvalue weighted by molar-refractivity contribution is 0.169. The summed E-state index contributed by atoms with van der Waals surface area (Å²) < 4.78 is 0. The zero-order valence-electron chi connectivity index (χ0n) is 16.7. The van der Waals surface area contributed by atoms with E-state index in [1.807, 2.05) is 24.3 Å². The van der Waals surface area contributed by atoms with Gasteiger partial charge in [0.25, 0.3) is 0 Å². The van der Waals surface area contributed by atoms with Gasteiger partial charge in [-0.3, -0.25) is 14.9 Å². The van der Waals surface area contributed by atoms with Crippen LogP contribution >= 0.6 is 35.6 Å². The first-order chi connectivity index (χ1) is 13.7. The van der Waals surface area contributed by atoms with E-state index in [2.05, 4.69) is 44.1 Å². The maximum absolute atomic E-state index is 10.4. The van der Waals surface area contributed by atoms with Crippen molar-refractivity contribution in [3.63, 3.8) is 0 Å². The molecule has 1 unspecified atom stereocenters. The molecule has 0 saturated carbocycles. The van der Waals surface area contributed by atoms with Crippen LogP contribution in [0.4, 0.5) is 0 Å². The predicted molar refractivity (Wildman–Crippen MR) is 129 cm³/mol. The van der Waals surface area contributed by atoms with Crippen LogP contribution in [0.2, 0.25) is 5.02 Å². The lowest BCUT2D eigenvalue weighted by atomic mass is 10.1. The van der Waals surface area contributed by atoms with E-state index in [9.17, 15) is 5.11 Å². The van der Waals surface area contributed by atoms with Crippen molar-refractivity contribution in [3.8, 4) is 0 Å². The van der Waals surface area contributed by atoms with Gasteiger partial charge in [0.05, 0.1) is 12.6 Å². The van der Waals surface area contributed by atoms with E-state index in [0.29, 0.717) is 6.54 Å². The van der Waals surface area contributed by atoms with E-state index in [0.717, 1.165) is 55.8 Å². The third kappa shape index (κ3) is 7.40. The Kier molecular flexibility index (Phi) is 10.1. The van der Waals surface area contributed by atoms with E-state index in [4.69, 9.17) is 11.6 Å². The van der Waals surface area contributed by atoms with Gasteiger partial charge in [0, 0.05) is 56.7 Å². The largest absolute Gasteiger partial charge is 0.386 e. The van der Waals surface area contributed by atoms with Crippen molar-refractivity contribution in [3.05, 3.63) is 64.9 Å². The zero-order valence-corrected chi connectivity index (χ0v) is 19.8. The molecule has 1 saturated heterocycles. The molecule has 0 aliphatic carbocycles. The third-order valence-electron chi connectivity index (χ3n) is 4.83. The molecule has 0 amide bonds. The second-order valence-electron chi connectivity index (χ2n) is 6.88. The van der Waals surface area contributed by atoms with Crippen LogP contribution < -0.4 is 5.32 Å². The van der Waals surface area contributed by atoms with Gasteiger partial charge in [-0.1, -0.05) is 23.7 Å². The molecule has 3 rings (SSSR count). The number of piperazine rings is 1. The average molecular weight is 530 g/mol. The van der Waals surface area contributed by atoms with Crippen LogP contribution in [-0.2, 0) is 6.54 Å². The number of nitrogens with one attached hydrogen (secondary N) is 1. The summed E-state index contributed by atoms with van der Waals surface area (Å²) in [6.45, 7) is 7.88. The molecule has 158 valence electrons. The number of hydrogen-bond acceptors (Lipinski definition) is 4. The SMILES string of the molecule is CCNC(=NCC(O)c1ccncc1)N1CCN(Cc2ccc(Cl)cc2)CC1.I. The monoisotopic (exact) mass is 529 g/mol. The number of aliphatic hydroxyl groups is 1. The molecule has 0 spiro atoms. The number of pyridine rings is 1. The Morgan fingerprint density at radius 2 is 1.79 bits per heavy atom. The fourth-order valence-corrected chi connectivity index (χ4v) is 3.38. The number of hydrogen-bond donors (Lipinski definition) is 2. The molecule has 1 fully saturated rings. The van der Waals surface area contributed by atoms with Gasteiger partial charge in [-0.2, -0.15) is 0 Å². The molecule has 1 atom stereocenters. The number of halogens is 2. The maximum atomic E-state index is 10.4. The molecule has 1 aromatic carbocycles. The summed E-state index contributed by atoms with van der Waals surface area (Å²) in [5.74, 6) is 0.863. The summed E-state index contributed by atoms with van der Waals surface area (Å²) in [4.78, 5) is 13.4. The molecule has 8 heteroatoms. The summed E-state index contributed by atoms with van der Waals surface area (Å²) in [5, 5.41) is 14.5. The lowest BCUT2D eigenvalue weighted by Gasteiger charge is -2.36. The molecule has 1 aromatic heterocycles. The Hall–Kier alpha value is -1.42. The minimum absolute atomic E-state index is 0. The van der Waals surface area contributed by atoms with Crippen molar-refractivity contribution >= 4 is 41.5 Å². The summed E-state index contributed by atoms with van der Waals surface area (Å²) >= 11 is 5.97. The van der Waals surface area contributed by atoms with Crippen LogP contribution in [-0.4, -0.2) is 65.1 Å². The molecule has 2 N–H and O–H groups in total. The van der Waals surface area contributed by atoms with Crippen molar-refractivity contribution in [2.45, 2.75) is 19.6 Å².